The highest BCUT2D eigenvalue weighted by atomic mass is 16.5. The second kappa shape index (κ2) is 27.5. The van der Waals surface area contributed by atoms with E-state index in [4.69, 9.17) is 30.4 Å². The molecule has 0 heterocycles. The quantitative estimate of drug-likeness (QED) is 0.0173. The lowest BCUT2D eigenvalue weighted by atomic mass is 9.82. The van der Waals surface area contributed by atoms with Crippen LogP contribution in [0.25, 0.3) is 12.2 Å². The molecule has 352 valence electrons. The molecule has 0 saturated heterocycles. The Kier molecular flexibility index (Phi) is 21.6. The Morgan fingerprint density at radius 2 is 1.12 bits per heavy atom. The van der Waals surface area contributed by atoms with Crippen LogP contribution in [0.2, 0.25) is 0 Å². The minimum absolute atomic E-state index is 0.140. The summed E-state index contributed by atoms with van der Waals surface area (Å²) in [5, 5.41) is 22.9. The molecule has 0 aromatic heterocycles. The average molecular weight is 891 g/mol. The molecule has 0 aliphatic heterocycles. The van der Waals surface area contributed by atoms with Crippen LogP contribution < -0.4 is 20.9 Å². The number of ether oxygens (including phenoxy) is 4. The number of anilines is 2. The number of benzene rings is 3. The third-order valence-electron chi connectivity index (χ3n) is 12.8. The van der Waals surface area contributed by atoms with Crippen molar-refractivity contribution in [3.63, 3.8) is 0 Å². The largest absolute Gasteiger partial charge is 0.493 e. The van der Waals surface area contributed by atoms with Crippen LogP contribution in [0.1, 0.15) is 132 Å². The Morgan fingerprint density at radius 3 is 1.58 bits per heavy atom. The lowest BCUT2D eigenvalue weighted by molar-refractivity contribution is -0.187. The average Bonchev–Trinajstić information content (AvgIpc) is 3.31. The van der Waals surface area contributed by atoms with E-state index in [1.165, 1.54) is 50.0 Å². The van der Waals surface area contributed by atoms with Crippen molar-refractivity contribution in [3.8, 4) is 11.5 Å². The molecule has 3 aromatic rings. The van der Waals surface area contributed by atoms with E-state index in [-0.39, 0.29) is 11.3 Å². The fourth-order valence-corrected chi connectivity index (χ4v) is 8.65. The molecule has 10 nitrogen and oxygen atoms in total. The number of rotatable bonds is 29. The van der Waals surface area contributed by atoms with Crippen LogP contribution in [0.5, 0.6) is 11.5 Å². The first-order valence-corrected chi connectivity index (χ1v) is 24.0. The van der Waals surface area contributed by atoms with Crippen molar-refractivity contribution in [3.05, 3.63) is 121 Å². The predicted octanol–water partition coefficient (Wildman–Crippen LogP) is 11.0. The number of hydrogen-bond acceptors (Lipinski definition) is 10. The minimum atomic E-state index is -2.96. The van der Waals surface area contributed by atoms with Gasteiger partial charge < -0.3 is 40.6 Å². The van der Waals surface area contributed by atoms with E-state index in [0.29, 0.717) is 48.5 Å². The molecule has 1 atom stereocenters. The summed E-state index contributed by atoms with van der Waals surface area (Å²) in [6.07, 6.45) is 27.4. The smallest absolute Gasteiger partial charge is 0.235 e. The maximum Gasteiger partial charge on any atom is 0.235 e. The van der Waals surface area contributed by atoms with Crippen LogP contribution in [0.15, 0.2) is 104 Å². The van der Waals surface area contributed by atoms with Crippen molar-refractivity contribution >= 4 is 35.1 Å². The van der Waals surface area contributed by atoms with Gasteiger partial charge in [-0.2, -0.15) is 0 Å². The molecule has 2 fully saturated rings. The number of hydrogen-bond donors (Lipinski definition) is 4. The summed E-state index contributed by atoms with van der Waals surface area (Å²) in [5.74, 6) is -3.33. The number of allylic oxidation sites excluding steroid dienone is 3. The van der Waals surface area contributed by atoms with Crippen molar-refractivity contribution in [2.24, 2.45) is 11.8 Å². The Balaban J connectivity index is 1.08. The van der Waals surface area contributed by atoms with Crippen LogP contribution in [0, 0.1) is 11.8 Å². The lowest BCUT2D eigenvalue weighted by Crippen LogP contribution is -2.44. The van der Waals surface area contributed by atoms with E-state index in [1.54, 1.807) is 24.3 Å². The maximum atomic E-state index is 13.5. The van der Waals surface area contributed by atoms with E-state index < -0.39 is 29.7 Å². The standard InChI is InChI=1S/C55H74N2O8/c1-3-5-7-9-11-35-62-47-29-18-43(19-30-47)39-64-49-25-14-41(15-26-49)13-24-46(58)38-52(51-33-23-45(56)37-53(51)57)55(60,61)54(59)34-22-42-16-27-50(28-17-42)65-40-44-20-31-48(32-21-44)63-36-12-10-8-6-4-2/h3-4,13-17,22-28,33-34,37,43-44,47-48,52,60-61H,1-2,5-12,18-21,29-32,35-36,38-40,56-57H2. The highest BCUT2D eigenvalue weighted by molar-refractivity contribution is 6.01. The molecule has 6 N–H and O–H groups in total. The Labute approximate surface area is 387 Å². The monoisotopic (exact) mass is 891 g/mol. The van der Waals surface area contributed by atoms with E-state index in [0.717, 1.165) is 113 Å². The van der Waals surface area contributed by atoms with Crippen LogP contribution >= 0.6 is 0 Å². The van der Waals surface area contributed by atoms with Crippen molar-refractivity contribution in [1.82, 2.24) is 0 Å². The zero-order chi connectivity index (χ0) is 46.3. The van der Waals surface area contributed by atoms with Crippen molar-refractivity contribution in [2.75, 3.05) is 37.9 Å². The highest BCUT2D eigenvalue weighted by Crippen LogP contribution is 2.36. The molecule has 1 unspecified atom stereocenters. The zero-order valence-corrected chi connectivity index (χ0v) is 38.5. The van der Waals surface area contributed by atoms with Crippen LogP contribution in [-0.4, -0.2) is 66.2 Å². The predicted molar refractivity (Wildman–Crippen MR) is 262 cm³/mol. The first-order valence-electron chi connectivity index (χ1n) is 24.0. The topological polar surface area (TPSA) is 164 Å². The van der Waals surface area contributed by atoms with Crippen LogP contribution in [-0.2, 0) is 19.1 Å². The minimum Gasteiger partial charge on any atom is -0.493 e. The number of ketones is 2. The normalized spacial score (nSPS) is 19.5. The van der Waals surface area contributed by atoms with E-state index in [1.807, 2.05) is 48.6 Å². The number of unbranched alkanes of at least 4 members (excludes halogenated alkanes) is 6. The molecule has 0 radical (unpaired) electrons. The summed E-state index contributed by atoms with van der Waals surface area (Å²) in [7, 11) is 0. The second-order valence-electron chi connectivity index (χ2n) is 17.9. The molecule has 2 saturated carbocycles. The van der Waals surface area contributed by atoms with Gasteiger partial charge in [0.1, 0.15) is 11.5 Å². The van der Waals surface area contributed by atoms with Gasteiger partial charge in [-0.05, 0) is 167 Å². The number of nitrogen functional groups attached to an aromatic ring is 2. The number of aliphatic hydroxyl groups is 2. The Hall–Kier alpha value is -5.00. The van der Waals surface area contributed by atoms with Crippen molar-refractivity contribution in [1.29, 1.82) is 0 Å². The van der Waals surface area contributed by atoms with Gasteiger partial charge in [0.05, 0.1) is 31.3 Å². The summed E-state index contributed by atoms with van der Waals surface area (Å²) in [4.78, 5) is 26.9. The fourth-order valence-electron chi connectivity index (χ4n) is 8.65. The van der Waals surface area contributed by atoms with Gasteiger partial charge in [0, 0.05) is 31.0 Å². The maximum absolute atomic E-state index is 13.5. The fraction of sp³-hybridized carbons (Fsp3) is 0.491. The van der Waals surface area contributed by atoms with Gasteiger partial charge in [-0.3, -0.25) is 9.59 Å². The van der Waals surface area contributed by atoms with E-state index in [2.05, 4.69) is 13.2 Å². The Morgan fingerprint density at radius 1 is 0.646 bits per heavy atom. The molecule has 0 amide bonds. The molecular weight excluding hydrogens is 817 g/mol. The third kappa shape index (κ3) is 17.7. The summed E-state index contributed by atoms with van der Waals surface area (Å²) >= 11 is 0. The zero-order valence-electron chi connectivity index (χ0n) is 38.5. The first-order chi connectivity index (χ1) is 31.5. The molecule has 5 rings (SSSR count). The number of carbonyl (C=O) groups excluding carboxylic acids is 2. The van der Waals surface area contributed by atoms with Gasteiger partial charge in [0.15, 0.2) is 5.78 Å². The van der Waals surface area contributed by atoms with Crippen LogP contribution in [0.3, 0.4) is 0 Å². The summed E-state index contributed by atoms with van der Waals surface area (Å²) in [6, 6.07) is 19.3. The number of nitrogens with two attached hydrogens (primary N) is 2. The molecule has 3 aromatic carbocycles. The molecule has 10 heteroatoms. The Bertz CT molecular complexity index is 1960. The second-order valence-corrected chi connectivity index (χ2v) is 17.9. The lowest BCUT2D eigenvalue weighted by Gasteiger charge is -2.30. The summed E-state index contributed by atoms with van der Waals surface area (Å²) < 4.78 is 24.4. The van der Waals surface area contributed by atoms with E-state index in [9.17, 15) is 19.8 Å². The first kappa shape index (κ1) is 51.0. The van der Waals surface area contributed by atoms with E-state index >= 15 is 0 Å². The van der Waals surface area contributed by atoms with Gasteiger partial charge in [-0.25, -0.2) is 0 Å². The third-order valence-corrected chi connectivity index (χ3v) is 12.8. The van der Waals surface area contributed by atoms with Gasteiger partial charge in [-0.15, -0.1) is 13.2 Å². The van der Waals surface area contributed by atoms with Gasteiger partial charge in [0.2, 0.25) is 11.6 Å². The molecule has 2 aliphatic carbocycles. The summed E-state index contributed by atoms with van der Waals surface area (Å²) in [5.41, 5.74) is 14.4. The van der Waals surface area contributed by atoms with Gasteiger partial charge >= 0.3 is 0 Å². The SMILES string of the molecule is C=CCCCCCOC1CCC(COc2ccc(C=CC(=O)CC(c3ccc(N)cc3N)C(O)(O)C(=O)C=Cc3ccc(OCC4CCC(OCCCCCC=C)CC4)cc3)cc2)CC1. The van der Waals surface area contributed by atoms with Crippen LogP contribution in [0.4, 0.5) is 11.4 Å². The molecule has 65 heavy (non-hydrogen) atoms. The molecular formula is C55H74N2O8. The molecule has 0 bridgehead atoms. The van der Waals surface area contributed by atoms with Gasteiger partial charge in [-0.1, -0.05) is 67.5 Å². The van der Waals surface area contributed by atoms with Crippen molar-refractivity contribution in [2.45, 2.75) is 133 Å². The molecule has 0 spiro atoms. The highest BCUT2D eigenvalue weighted by Gasteiger charge is 2.43. The van der Waals surface area contributed by atoms with Gasteiger partial charge in [0.25, 0.3) is 0 Å². The molecule has 2 aliphatic rings. The number of carbonyl (C=O) groups is 2. The van der Waals surface area contributed by atoms with Crippen molar-refractivity contribution < 1.29 is 38.7 Å². The summed E-state index contributed by atoms with van der Waals surface area (Å²) in [6.45, 7) is 10.5.